The van der Waals surface area contributed by atoms with Crippen molar-refractivity contribution in [2.45, 2.75) is 19.3 Å². The minimum absolute atomic E-state index is 0.190. The Morgan fingerprint density at radius 1 is 0.300 bits per heavy atom. The number of hydrogen-bond acceptors (Lipinski definition) is 1. The van der Waals surface area contributed by atoms with Crippen molar-refractivity contribution >= 4 is 38.6 Å². The molecule has 1 aliphatic rings. The normalized spacial score (nSPS) is 12.6. The van der Waals surface area contributed by atoms with E-state index in [0.717, 1.165) is 17.1 Å². The van der Waals surface area contributed by atoms with E-state index in [2.05, 4.69) is 243 Å². The molecule has 0 aromatic heterocycles. The summed E-state index contributed by atoms with van der Waals surface area (Å²) in [6, 6.07) is 82.3. The van der Waals surface area contributed by atoms with E-state index < -0.39 is 0 Å². The molecule has 0 bridgehead atoms. The molecule has 11 rings (SSSR count). The number of hydrogen-bond donors (Lipinski definition) is 0. The van der Waals surface area contributed by atoms with E-state index in [1.165, 1.54) is 88.3 Å². The molecule has 1 nitrogen and oxygen atoms in total. The van der Waals surface area contributed by atoms with Gasteiger partial charge in [-0.1, -0.05) is 196 Å². The van der Waals surface area contributed by atoms with Crippen molar-refractivity contribution in [3.8, 4) is 55.6 Å². The smallest absolute Gasteiger partial charge is 0.0465 e. The molecule has 0 radical (unpaired) electrons. The summed E-state index contributed by atoms with van der Waals surface area (Å²) in [5.74, 6) is 0. The molecule has 0 unspecified atom stereocenters. The topological polar surface area (TPSA) is 3.24 Å². The first kappa shape index (κ1) is 35.7. The van der Waals surface area contributed by atoms with E-state index in [4.69, 9.17) is 0 Å². The second-order valence-corrected chi connectivity index (χ2v) is 16.5. The van der Waals surface area contributed by atoms with E-state index in [1.54, 1.807) is 0 Å². The molecule has 0 atom stereocenters. The van der Waals surface area contributed by atoms with Crippen LogP contribution in [0.2, 0.25) is 0 Å². The number of anilines is 3. The first-order valence-corrected chi connectivity index (χ1v) is 20.9. The average molecular weight is 766 g/mol. The van der Waals surface area contributed by atoms with Gasteiger partial charge in [0.05, 0.1) is 0 Å². The maximum absolute atomic E-state index is 2.44. The molecular weight excluding hydrogens is 723 g/mol. The Balaban J connectivity index is 1.04. The summed E-state index contributed by atoms with van der Waals surface area (Å²) < 4.78 is 0. The Labute approximate surface area is 352 Å². The van der Waals surface area contributed by atoms with Crippen LogP contribution in [0.3, 0.4) is 0 Å². The van der Waals surface area contributed by atoms with E-state index in [0.29, 0.717) is 0 Å². The molecule has 0 amide bonds. The van der Waals surface area contributed by atoms with Crippen molar-refractivity contribution in [2.24, 2.45) is 0 Å². The zero-order valence-corrected chi connectivity index (χ0v) is 33.8. The zero-order chi connectivity index (χ0) is 40.2. The third kappa shape index (κ3) is 6.01. The Hall–Kier alpha value is -7.48. The first-order valence-electron chi connectivity index (χ1n) is 20.9. The number of rotatable bonds is 7. The highest BCUT2D eigenvalue weighted by atomic mass is 15.1. The van der Waals surface area contributed by atoms with Gasteiger partial charge in [0, 0.05) is 22.5 Å². The molecule has 0 heterocycles. The predicted octanol–water partition coefficient (Wildman–Crippen LogP) is 16.4. The largest absolute Gasteiger partial charge is 0.310 e. The van der Waals surface area contributed by atoms with Crippen LogP contribution in [0, 0.1) is 0 Å². The van der Waals surface area contributed by atoms with Crippen molar-refractivity contribution in [3.63, 3.8) is 0 Å². The lowest BCUT2D eigenvalue weighted by molar-refractivity contribution is 0.660. The van der Waals surface area contributed by atoms with E-state index in [9.17, 15) is 0 Å². The highest BCUT2D eigenvalue weighted by Gasteiger charge is 2.37. The van der Waals surface area contributed by atoms with E-state index >= 15 is 0 Å². The summed E-state index contributed by atoms with van der Waals surface area (Å²) >= 11 is 0. The monoisotopic (exact) mass is 765 g/mol. The molecule has 1 heteroatoms. The molecule has 0 saturated carbocycles. The van der Waals surface area contributed by atoms with Gasteiger partial charge in [-0.05, 0) is 131 Å². The second-order valence-electron chi connectivity index (χ2n) is 16.5. The van der Waals surface area contributed by atoms with Crippen LogP contribution >= 0.6 is 0 Å². The van der Waals surface area contributed by atoms with Crippen LogP contribution < -0.4 is 4.90 Å². The molecule has 284 valence electrons. The predicted molar refractivity (Wildman–Crippen MR) is 255 cm³/mol. The molecule has 0 fully saturated rings. The van der Waals surface area contributed by atoms with Gasteiger partial charge in [0.25, 0.3) is 0 Å². The van der Waals surface area contributed by atoms with Crippen LogP contribution in [0.5, 0.6) is 0 Å². The third-order valence-electron chi connectivity index (χ3n) is 12.7. The van der Waals surface area contributed by atoms with E-state index in [-0.39, 0.29) is 5.41 Å². The van der Waals surface area contributed by atoms with Crippen molar-refractivity contribution < 1.29 is 0 Å². The van der Waals surface area contributed by atoms with Gasteiger partial charge in [-0.25, -0.2) is 0 Å². The molecule has 0 N–H and O–H groups in total. The van der Waals surface area contributed by atoms with Gasteiger partial charge in [-0.2, -0.15) is 0 Å². The summed E-state index contributed by atoms with van der Waals surface area (Å²) in [6.45, 7) is 4.76. The van der Waals surface area contributed by atoms with Crippen molar-refractivity contribution in [1.29, 1.82) is 0 Å². The number of benzene rings is 10. The molecule has 0 aliphatic heterocycles. The average Bonchev–Trinajstić information content (AvgIpc) is 3.55. The summed E-state index contributed by atoms with van der Waals surface area (Å²) in [5.41, 5.74) is 18.4. The van der Waals surface area contributed by atoms with Gasteiger partial charge >= 0.3 is 0 Å². The molecular formula is C59H43N. The van der Waals surface area contributed by atoms with Crippen LogP contribution in [0.15, 0.2) is 224 Å². The Kier molecular flexibility index (Phi) is 8.57. The van der Waals surface area contributed by atoms with Crippen LogP contribution in [0.1, 0.15) is 25.0 Å². The van der Waals surface area contributed by atoms with Gasteiger partial charge < -0.3 is 4.90 Å². The molecule has 0 saturated heterocycles. The Morgan fingerprint density at radius 2 is 0.833 bits per heavy atom. The van der Waals surface area contributed by atoms with Crippen molar-refractivity contribution in [2.75, 3.05) is 4.90 Å². The standard InChI is InChI=1S/C59H43N/c1-59(2)55-23-13-22-52(47-25-24-41-16-9-10-20-46(41)38-47)58(55)54-37-35-50(39-56(54)59)60(48-31-26-42(27-32-48)40-14-5-3-6-15-40)49-33-28-44(29-34-49)53-36-30-43-17-11-12-21-51(43)57(53)45-18-7-4-8-19-45/h3-39H,1-2H3. The maximum atomic E-state index is 2.44. The fourth-order valence-corrected chi connectivity index (χ4v) is 9.61. The minimum atomic E-state index is -0.190. The first-order chi connectivity index (χ1) is 29.5. The quantitative estimate of drug-likeness (QED) is 0.156. The van der Waals surface area contributed by atoms with Gasteiger partial charge in [0.15, 0.2) is 0 Å². The van der Waals surface area contributed by atoms with E-state index in [1.807, 2.05) is 0 Å². The summed E-state index contributed by atoms with van der Waals surface area (Å²) in [4.78, 5) is 2.42. The lowest BCUT2D eigenvalue weighted by atomic mass is 9.81. The Bertz CT molecular complexity index is 3200. The zero-order valence-electron chi connectivity index (χ0n) is 33.8. The summed E-state index contributed by atoms with van der Waals surface area (Å²) in [5, 5.41) is 5.03. The van der Waals surface area contributed by atoms with Crippen LogP contribution in [-0.4, -0.2) is 0 Å². The second kappa shape index (κ2) is 14.4. The van der Waals surface area contributed by atoms with Gasteiger partial charge in [-0.3, -0.25) is 0 Å². The fraction of sp³-hybridized carbons (Fsp3) is 0.0508. The van der Waals surface area contributed by atoms with Gasteiger partial charge in [0.2, 0.25) is 0 Å². The Morgan fingerprint density at radius 3 is 1.57 bits per heavy atom. The molecule has 0 spiro atoms. The molecule has 10 aromatic carbocycles. The SMILES string of the molecule is CC1(C)c2cc(N(c3ccc(-c4ccccc4)cc3)c3ccc(-c4ccc5ccccc5c4-c4ccccc4)cc3)ccc2-c2c(-c3ccc4ccccc4c3)cccc21. The van der Waals surface area contributed by atoms with Crippen LogP contribution in [0.4, 0.5) is 17.1 Å². The van der Waals surface area contributed by atoms with Gasteiger partial charge in [0.1, 0.15) is 0 Å². The molecule has 1 aliphatic carbocycles. The maximum Gasteiger partial charge on any atom is 0.0465 e. The fourth-order valence-electron chi connectivity index (χ4n) is 9.61. The summed E-state index contributed by atoms with van der Waals surface area (Å²) in [7, 11) is 0. The van der Waals surface area contributed by atoms with Crippen LogP contribution in [0.25, 0.3) is 77.2 Å². The minimum Gasteiger partial charge on any atom is -0.310 e. The third-order valence-corrected chi connectivity index (χ3v) is 12.7. The highest BCUT2D eigenvalue weighted by Crippen LogP contribution is 2.54. The van der Waals surface area contributed by atoms with Gasteiger partial charge in [-0.15, -0.1) is 0 Å². The van der Waals surface area contributed by atoms with Crippen LogP contribution in [-0.2, 0) is 5.41 Å². The highest BCUT2D eigenvalue weighted by molar-refractivity contribution is 6.04. The summed E-state index contributed by atoms with van der Waals surface area (Å²) in [6.07, 6.45) is 0. The lowest BCUT2D eigenvalue weighted by Crippen LogP contribution is -2.16. The van der Waals surface area contributed by atoms with Crippen molar-refractivity contribution in [1.82, 2.24) is 0 Å². The number of fused-ring (bicyclic) bond motifs is 5. The molecule has 10 aromatic rings. The number of nitrogens with zero attached hydrogens (tertiary/aromatic N) is 1. The lowest BCUT2D eigenvalue weighted by Gasteiger charge is -2.28. The molecule has 60 heavy (non-hydrogen) atoms. The van der Waals surface area contributed by atoms with Crippen molar-refractivity contribution in [3.05, 3.63) is 236 Å².